The van der Waals surface area contributed by atoms with Crippen molar-refractivity contribution < 1.29 is 4.79 Å². The van der Waals surface area contributed by atoms with Gasteiger partial charge in [-0.25, -0.2) is 4.79 Å². The van der Waals surface area contributed by atoms with E-state index in [-0.39, 0.29) is 0 Å². The van der Waals surface area contributed by atoms with Crippen LogP contribution in [-0.2, 0) is 0 Å². The van der Waals surface area contributed by atoms with Crippen LogP contribution in [0.3, 0.4) is 0 Å². The molecule has 1 atom stereocenters. The van der Waals surface area contributed by atoms with Crippen molar-refractivity contribution in [3.63, 3.8) is 0 Å². The molecule has 4 nitrogen and oxygen atoms in total. The van der Waals surface area contributed by atoms with E-state index in [9.17, 15) is 4.79 Å². The Kier molecular flexibility index (Phi) is 4.20. The smallest absolute Gasteiger partial charge is 0.316 e. The number of anilines is 1. The molecule has 1 saturated carbocycles. The van der Waals surface area contributed by atoms with Crippen molar-refractivity contribution >= 4 is 11.7 Å². The Morgan fingerprint density at radius 1 is 1.39 bits per heavy atom. The highest BCUT2D eigenvalue weighted by Gasteiger charge is 2.20. The molecular weight excluding hydrogens is 226 g/mol. The summed E-state index contributed by atoms with van der Waals surface area (Å²) in [6.45, 7) is 3.23. The number of primary amides is 1. The van der Waals surface area contributed by atoms with Gasteiger partial charge < -0.3 is 16.4 Å². The van der Waals surface area contributed by atoms with Gasteiger partial charge in [-0.2, -0.15) is 0 Å². The zero-order valence-corrected chi connectivity index (χ0v) is 10.8. The summed E-state index contributed by atoms with van der Waals surface area (Å²) in [5.41, 5.74) is 7.02. The topological polar surface area (TPSA) is 67.2 Å². The lowest BCUT2D eigenvalue weighted by atomic mass is 10.1. The zero-order valence-electron chi connectivity index (χ0n) is 10.8. The summed E-state index contributed by atoms with van der Waals surface area (Å²) in [6.07, 6.45) is 4.10. The van der Waals surface area contributed by atoms with Crippen LogP contribution in [0, 0.1) is 5.92 Å². The highest BCUT2D eigenvalue weighted by atomic mass is 16.2. The Balaban J connectivity index is 1.81. The minimum absolute atomic E-state index is 0.339. The molecule has 98 valence electrons. The van der Waals surface area contributed by atoms with Crippen LogP contribution in [0.5, 0.6) is 0 Å². The van der Waals surface area contributed by atoms with Gasteiger partial charge in [-0.05, 0) is 43.5 Å². The normalized spacial score (nSPS) is 16.3. The van der Waals surface area contributed by atoms with Crippen molar-refractivity contribution in [2.24, 2.45) is 11.7 Å². The standard InChI is InChI=1S/C14H21N3O/c1-10(16-9-8-11-2-3-11)12-4-6-13(7-5-12)17-14(15)18/h4-7,10-11,16H,2-3,8-9H2,1H3,(H3,15,17,18). The predicted octanol–water partition coefficient (Wildman–Crippen LogP) is 2.63. The van der Waals surface area contributed by atoms with E-state index >= 15 is 0 Å². The number of rotatable bonds is 6. The quantitative estimate of drug-likeness (QED) is 0.723. The molecule has 0 saturated heterocycles. The third-order valence-corrected chi connectivity index (χ3v) is 3.38. The van der Waals surface area contributed by atoms with Gasteiger partial charge in [0.25, 0.3) is 0 Å². The van der Waals surface area contributed by atoms with Crippen LogP contribution in [0.2, 0.25) is 0 Å². The number of carbonyl (C=O) groups is 1. The Morgan fingerprint density at radius 3 is 2.61 bits per heavy atom. The first-order valence-electron chi connectivity index (χ1n) is 6.55. The number of hydrogen-bond donors (Lipinski definition) is 3. The minimum atomic E-state index is -0.529. The molecule has 0 radical (unpaired) electrons. The molecule has 4 N–H and O–H groups in total. The van der Waals surface area contributed by atoms with Crippen LogP contribution in [0.15, 0.2) is 24.3 Å². The predicted molar refractivity (Wildman–Crippen MR) is 73.4 cm³/mol. The molecule has 0 heterocycles. The second-order valence-electron chi connectivity index (χ2n) is 5.02. The van der Waals surface area contributed by atoms with E-state index < -0.39 is 6.03 Å². The van der Waals surface area contributed by atoms with Gasteiger partial charge in [-0.1, -0.05) is 25.0 Å². The van der Waals surface area contributed by atoms with E-state index in [0.717, 1.165) is 18.2 Å². The summed E-state index contributed by atoms with van der Waals surface area (Å²) < 4.78 is 0. The Labute approximate surface area is 108 Å². The number of nitrogens with two attached hydrogens (primary N) is 1. The summed E-state index contributed by atoms with van der Waals surface area (Å²) in [4.78, 5) is 10.7. The van der Waals surface area contributed by atoms with Crippen LogP contribution < -0.4 is 16.4 Å². The van der Waals surface area contributed by atoms with E-state index in [1.807, 2.05) is 24.3 Å². The fraction of sp³-hybridized carbons (Fsp3) is 0.500. The summed E-state index contributed by atoms with van der Waals surface area (Å²) >= 11 is 0. The molecule has 0 bridgehead atoms. The van der Waals surface area contributed by atoms with Gasteiger partial charge in [0, 0.05) is 11.7 Å². The van der Waals surface area contributed by atoms with Crippen LogP contribution in [0.25, 0.3) is 0 Å². The molecule has 0 spiro atoms. The first-order chi connectivity index (χ1) is 8.65. The Bertz CT molecular complexity index is 398. The van der Waals surface area contributed by atoms with Crippen LogP contribution in [0.4, 0.5) is 10.5 Å². The highest BCUT2D eigenvalue weighted by Crippen LogP contribution is 2.31. The molecule has 1 aliphatic carbocycles. The maximum Gasteiger partial charge on any atom is 0.316 e. The number of benzene rings is 1. The monoisotopic (exact) mass is 247 g/mol. The third kappa shape index (κ3) is 4.04. The van der Waals surface area contributed by atoms with Crippen LogP contribution >= 0.6 is 0 Å². The summed E-state index contributed by atoms with van der Waals surface area (Å²) in [7, 11) is 0. The molecule has 2 rings (SSSR count). The van der Waals surface area contributed by atoms with Gasteiger partial charge in [-0.3, -0.25) is 0 Å². The zero-order chi connectivity index (χ0) is 13.0. The van der Waals surface area contributed by atoms with Crippen molar-refractivity contribution in [1.29, 1.82) is 0 Å². The van der Waals surface area contributed by atoms with E-state index in [2.05, 4.69) is 17.6 Å². The molecule has 1 unspecified atom stereocenters. The second kappa shape index (κ2) is 5.87. The first-order valence-corrected chi connectivity index (χ1v) is 6.55. The number of amides is 2. The molecule has 0 aromatic heterocycles. The molecule has 4 heteroatoms. The maximum atomic E-state index is 10.7. The van der Waals surface area contributed by atoms with Gasteiger partial charge in [0.2, 0.25) is 0 Å². The number of hydrogen-bond acceptors (Lipinski definition) is 2. The van der Waals surface area contributed by atoms with E-state index in [1.165, 1.54) is 24.8 Å². The number of carbonyl (C=O) groups excluding carboxylic acids is 1. The molecule has 1 aromatic rings. The largest absolute Gasteiger partial charge is 0.351 e. The van der Waals surface area contributed by atoms with Gasteiger partial charge in [-0.15, -0.1) is 0 Å². The number of urea groups is 1. The lowest BCUT2D eigenvalue weighted by molar-refractivity contribution is 0.259. The van der Waals surface area contributed by atoms with E-state index in [1.54, 1.807) is 0 Å². The van der Waals surface area contributed by atoms with Crippen molar-refractivity contribution in [3.05, 3.63) is 29.8 Å². The molecule has 1 fully saturated rings. The molecule has 2 amide bonds. The molecule has 1 aromatic carbocycles. The minimum Gasteiger partial charge on any atom is -0.351 e. The Morgan fingerprint density at radius 2 is 2.06 bits per heavy atom. The molecule has 0 aliphatic heterocycles. The second-order valence-corrected chi connectivity index (χ2v) is 5.02. The van der Waals surface area contributed by atoms with Gasteiger partial charge in [0.05, 0.1) is 0 Å². The lowest BCUT2D eigenvalue weighted by Gasteiger charge is -2.14. The van der Waals surface area contributed by atoms with Crippen molar-refractivity contribution in [3.8, 4) is 0 Å². The van der Waals surface area contributed by atoms with E-state index in [0.29, 0.717) is 6.04 Å². The Hall–Kier alpha value is -1.55. The highest BCUT2D eigenvalue weighted by molar-refractivity contribution is 5.87. The summed E-state index contributed by atoms with van der Waals surface area (Å²) in [5.74, 6) is 0.965. The first kappa shape index (κ1) is 12.9. The fourth-order valence-corrected chi connectivity index (χ4v) is 2.03. The summed E-state index contributed by atoms with van der Waals surface area (Å²) in [6, 6.07) is 7.59. The molecule has 18 heavy (non-hydrogen) atoms. The van der Waals surface area contributed by atoms with Crippen LogP contribution in [-0.4, -0.2) is 12.6 Å². The number of nitrogens with one attached hydrogen (secondary N) is 2. The average molecular weight is 247 g/mol. The van der Waals surface area contributed by atoms with Crippen molar-refractivity contribution in [2.75, 3.05) is 11.9 Å². The van der Waals surface area contributed by atoms with Gasteiger partial charge in [0.15, 0.2) is 0 Å². The van der Waals surface area contributed by atoms with E-state index in [4.69, 9.17) is 5.73 Å². The SMILES string of the molecule is CC(NCCC1CC1)c1ccc(NC(N)=O)cc1. The molecular formula is C14H21N3O. The maximum absolute atomic E-state index is 10.7. The average Bonchev–Trinajstić information content (AvgIpc) is 3.13. The lowest BCUT2D eigenvalue weighted by Crippen LogP contribution is -2.21. The van der Waals surface area contributed by atoms with Crippen LogP contribution in [0.1, 0.15) is 37.8 Å². The van der Waals surface area contributed by atoms with Crippen molar-refractivity contribution in [2.45, 2.75) is 32.2 Å². The molecule has 1 aliphatic rings. The summed E-state index contributed by atoms with van der Waals surface area (Å²) in [5, 5.41) is 6.07. The van der Waals surface area contributed by atoms with Crippen molar-refractivity contribution in [1.82, 2.24) is 5.32 Å². The third-order valence-electron chi connectivity index (χ3n) is 3.38. The fourth-order valence-electron chi connectivity index (χ4n) is 2.03. The van der Waals surface area contributed by atoms with Gasteiger partial charge in [0.1, 0.15) is 0 Å². The van der Waals surface area contributed by atoms with Gasteiger partial charge >= 0.3 is 6.03 Å².